The molecule has 0 aromatic heterocycles. The smallest absolute Gasteiger partial charge is 0.254 e. The van der Waals surface area contributed by atoms with Gasteiger partial charge < -0.3 is 14.4 Å². The van der Waals surface area contributed by atoms with Crippen LogP contribution >= 0.6 is 0 Å². The maximum Gasteiger partial charge on any atom is 0.254 e. The average molecular weight is 251 g/mol. The van der Waals surface area contributed by atoms with Gasteiger partial charge in [-0.2, -0.15) is 0 Å². The summed E-state index contributed by atoms with van der Waals surface area (Å²) in [5.74, 6) is 1.34. The molecule has 0 atom stereocenters. The quantitative estimate of drug-likeness (QED) is 0.807. The average Bonchev–Trinajstić information content (AvgIpc) is 2.40. The second-order valence-corrected chi connectivity index (χ2v) is 3.98. The maximum atomic E-state index is 12.3. The molecule has 18 heavy (non-hydrogen) atoms. The Morgan fingerprint density at radius 1 is 1.11 bits per heavy atom. The van der Waals surface area contributed by atoms with E-state index in [0.717, 1.165) is 5.56 Å². The molecule has 4 nitrogen and oxygen atoms in total. The topological polar surface area (TPSA) is 38.8 Å². The van der Waals surface area contributed by atoms with Gasteiger partial charge in [0.25, 0.3) is 5.91 Å². The molecule has 0 aliphatic heterocycles. The van der Waals surface area contributed by atoms with Gasteiger partial charge in [0.05, 0.1) is 14.2 Å². The molecule has 0 unspecified atom stereocenters. The molecule has 1 aromatic rings. The number of carbonyl (C=O) groups excluding carboxylic acids is 1. The standard InChI is InChI=1S/C14H21NO3/c1-6-15(7-2)14(16)11-8-12(17-4)10(3)13(9-11)18-5/h8-9H,6-7H2,1-5H3. The number of carbonyl (C=O) groups is 1. The lowest BCUT2D eigenvalue weighted by molar-refractivity contribution is 0.0772. The third-order valence-electron chi connectivity index (χ3n) is 3.05. The van der Waals surface area contributed by atoms with E-state index in [1.165, 1.54) is 0 Å². The molecule has 0 N–H and O–H groups in total. The lowest BCUT2D eigenvalue weighted by Gasteiger charge is -2.20. The molecule has 1 aromatic carbocycles. The lowest BCUT2D eigenvalue weighted by atomic mass is 10.1. The zero-order chi connectivity index (χ0) is 13.7. The van der Waals surface area contributed by atoms with Crippen LogP contribution in [0.4, 0.5) is 0 Å². The van der Waals surface area contributed by atoms with Crippen LogP contribution in [-0.2, 0) is 0 Å². The van der Waals surface area contributed by atoms with E-state index < -0.39 is 0 Å². The molecule has 4 heteroatoms. The largest absolute Gasteiger partial charge is 0.496 e. The third kappa shape index (κ3) is 2.75. The predicted molar refractivity (Wildman–Crippen MR) is 71.5 cm³/mol. The molecule has 0 aliphatic rings. The molecule has 0 spiro atoms. The highest BCUT2D eigenvalue weighted by molar-refractivity contribution is 5.95. The van der Waals surface area contributed by atoms with Crippen LogP contribution in [-0.4, -0.2) is 38.1 Å². The van der Waals surface area contributed by atoms with Crippen molar-refractivity contribution in [3.05, 3.63) is 23.3 Å². The summed E-state index contributed by atoms with van der Waals surface area (Å²) in [7, 11) is 3.18. The van der Waals surface area contributed by atoms with Crippen LogP contribution in [0.15, 0.2) is 12.1 Å². The summed E-state index contributed by atoms with van der Waals surface area (Å²) in [4.78, 5) is 14.0. The monoisotopic (exact) mass is 251 g/mol. The fraction of sp³-hybridized carbons (Fsp3) is 0.500. The summed E-state index contributed by atoms with van der Waals surface area (Å²) in [5, 5.41) is 0. The Morgan fingerprint density at radius 3 is 1.89 bits per heavy atom. The third-order valence-corrected chi connectivity index (χ3v) is 3.05. The molecule has 0 saturated heterocycles. The van der Waals surface area contributed by atoms with Crippen molar-refractivity contribution in [2.75, 3.05) is 27.3 Å². The highest BCUT2D eigenvalue weighted by Gasteiger charge is 2.17. The van der Waals surface area contributed by atoms with E-state index in [4.69, 9.17) is 9.47 Å². The van der Waals surface area contributed by atoms with Gasteiger partial charge in [-0.3, -0.25) is 4.79 Å². The summed E-state index contributed by atoms with van der Waals surface area (Å²) >= 11 is 0. The van der Waals surface area contributed by atoms with Crippen molar-refractivity contribution in [3.8, 4) is 11.5 Å². The molecular formula is C14H21NO3. The fourth-order valence-electron chi connectivity index (χ4n) is 1.90. The number of nitrogens with zero attached hydrogens (tertiary/aromatic N) is 1. The van der Waals surface area contributed by atoms with Gasteiger partial charge in [-0.05, 0) is 32.9 Å². The van der Waals surface area contributed by atoms with Gasteiger partial charge in [-0.25, -0.2) is 0 Å². The van der Waals surface area contributed by atoms with E-state index in [1.807, 2.05) is 20.8 Å². The predicted octanol–water partition coefficient (Wildman–Crippen LogP) is 2.49. The minimum absolute atomic E-state index is 0.00315. The highest BCUT2D eigenvalue weighted by Crippen LogP contribution is 2.29. The van der Waals surface area contributed by atoms with Crippen LogP contribution < -0.4 is 9.47 Å². The number of ether oxygens (including phenoxy) is 2. The summed E-state index contributed by atoms with van der Waals surface area (Å²) in [5.41, 5.74) is 1.49. The van der Waals surface area contributed by atoms with Gasteiger partial charge in [-0.15, -0.1) is 0 Å². The molecule has 1 rings (SSSR count). The first kappa shape index (κ1) is 14.4. The van der Waals surface area contributed by atoms with E-state index in [1.54, 1.807) is 31.3 Å². The van der Waals surface area contributed by atoms with Crippen molar-refractivity contribution >= 4 is 5.91 Å². The molecular weight excluding hydrogens is 230 g/mol. The van der Waals surface area contributed by atoms with Gasteiger partial charge in [0.1, 0.15) is 11.5 Å². The Kier molecular flexibility index (Phi) is 5.01. The number of rotatable bonds is 5. The Bertz CT molecular complexity index is 400. The van der Waals surface area contributed by atoms with Crippen LogP contribution in [0.5, 0.6) is 11.5 Å². The minimum atomic E-state index is -0.00315. The van der Waals surface area contributed by atoms with E-state index in [-0.39, 0.29) is 5.91 Å². The second-order valence-electron chi connectivity index (χ2n) is 3.98. The van der Waals surface area contributed by atoms with Crippen molar-refractivity contribution < 1.29 is 14.3 Å². The Morgan fingerprint density at radius 2 is 1.56 bits per heavy atom. The Balaban J connectivity index is 3.21. The van der Waals surface area contributed by atoms with Crippen LogP contribution in [0, 0.1) is 6.92 Å². The molecule has 0 bridgehead atoms. The highest BCUT2D eigenvalue weighted by atomic mass is 16.5. The van der Waals surface area contributed by atoms with Gasteiger partial charge in [0, 0.05) is 24.2 Å². The van der Waals surface area contributed by atoms with Crippen molar-refractivity contribution in [3.63, 3.8) is 0 Å². The first-order valence-electron chi connectivity index (χ1n) is 6.10. The number of hydrogen-bond acceptors (Lipinski definition) is 3. The van der Waals surface area contributed by atoms with Crippen molar-refractivity contribution in [2.45, 2.75) is 20.8 Å². The molecule has 100 valence electrons. The molecule has 1 amide bonds. The molecule has 0 fully saturated rings. The first-order valence-corrected chi connectivity index (χ1v) is 6.10. The molecule has 0 aliphatic carbocycles. The van der Waals surface area contributed by atoms with Crippen molar-refractivity contribution in [1.29, 1.82) is 0 Å². The van der Waals surface area contributed by atoms with Gasteiger partial charge in [-0.1, -0.05) is 0 Å². The van der Waals surface area contributed by atoms with E-state index in [2.05, 4.69) is 0 Å². The van der Waals surface area contributed by atoms with Crippen molar-refractivity contribution in [2.24, 2.45) is 0 Å². The van der Waals surface area contributed by atoms with Crippen LogP contribution in [0.3, 0.4) is 0 Å². The number of methoxy groups -OCH3 is 2. The molecule has 0 heterocycles. The Hall–Kier alpha value is -1.71. The van der Waals surface area contributed by atoms with Crippen LogP contribution in [0.25, 0.3) is 0 Å². The SMILES string of the molecule is CCN(CC)C(=O)c1cc(OC)c(C)c(OC)c1. The number of hydrogen-bond donors (Lipinski definition) is 0. The van der Waals surface area contributed by atoms with Crippen molar-refractivity contribution in [1.82, 2.24) is 4.90 Å². The zero-order valence-electron chi connectivity index (χ0n) is 11.7. The summed E-state index contributed by atoms with van der Waals surface area (Å²) in [6.45, 7) is 7.21. The maximum absolute atomic E-state index is 12.3. The van der Waals surface area contributed by atoms with Gasteiger partial charge in [0.2, 0.25) is 0 Å². The second kappa shape index (κ2) is 6.28. The van der Waals surface area contributed by atoms with Gasteiger partial charge >= 0.3 is 0 Å². The number of amides is 1. The summed E-state index contributed by atoms with van der Waals surface area (Å²) in [6.07, 6.45) is 0. The fourth-order valence-corrected chi connectivity index (χ4v) is 1.90. The lowest BCUT2D eigenvalue weighted by Crippen LogP contribution is -2.30. The zero-order valence-corrected chi connectivity index (χ0v) is 11.7. The van der Waals surface area contributed by atoms with Gasteiger partial charge in [0.15, 0.2) is 0 Å². The molecule has 0 radical (unpaired) electrons. The van der Waals surface area contributed by atoms with Crippen LogP contribution in [0.2, 0.25) is 0 Å². The van der Waals surface area contributed by atoms with Crippen LogP contribution in [0.1, 0.15) is 29.8 Å². The molecule has 0 saturated carbocycles. The normalized spacial score (nSPS) is 10.1. The first-order chi connectivity index (χ1) is 8.58. The number of benzene rings is 1. The summed E-state index contributed by atoms with van der Waals surface area (Å²) in [6, 6.07) is 3.52. The Labute approximate surface area is 108 Å². The van der Waals surface area contributed by atoms with E-state index in [0.29, 0.717) is 30.2 Å². The summed E-state index contributed by atoms with van der Waals surface area (Å²) < 4.78 is 10.5. The van der Waals surface area contributed by atoms with E-state index >= 15 is 0 Å². The minimum Gasteiger partial charge on any atom is -0.496 e. The van der Waals surface area contributed by atoms with E-state index in [9.17, 15) is 4.79 Å².